The summed E-state index contributed by atoms with van der Waals surface area (Å²) in [5.41, 5.74) is 0. The van der Waals surface area contributed by atoms with Crippen LogP contribution in [0.15, 0.2) is 0 Å². The fraction of sp³-hybridized carbons (Fsp3) is 0. The van der Waals surface area contributed by atoms with Gasteiger partial charge < -0.3 is 0 Å². The molecule has 0 radical (unpaired) electrons. The standard InChI is InChI=1S/CHO2.Ag.Ce/c2-1-3;;/h(H,2,3);;. The summed E-state index contributed by atoms with van der Waals surface area (Å²) in [5.74, 6) is 0. The first-order valence-corrected chi connectivity index (χ1v) is 1.32. The zero-order valence-electron chi connectivity index (χ0n) is 2.16. The van der Waals surface area contributed by atoms with E-state index in [1.54, 1.807) is 0 Å². The van der Waals surface area contributed by atoms with Crippen LogP contribution in [0.25, 0.3) is 0 Å². The van der Waals surface area contributed by atoms with Crippen LogP contribution in [0.1, 0.15) is 0 Å². The topological polar surface area (TPSA) is 37.3 Å². The molecule has 0 bridgehead atoms. The van der Waals surface area contributed by atoms with E-state index in [9.17, 15) is 0 Å². The summed E-state index contributed by atoms with van der Waals surface area (Å²) in [6, 6.07) is 0. The van der Waals surface area contributed by atoms with E-state index < -0.39 is 4.19 Å². The Balaban J connectivity index is 0. The van der Waals surface area contributed by atoms with Crippen LogP contribution in [-0.2, 0) is 21.1 Å². The maximum absolute atomic E-state index is 8.92. The average molecular weight is 293 g/mol. The van der Waals surface area contributed by atoms with Crippen molar-refractivity contribution in [3.63, 3.8) is 0 Å². The molecule has 0 saturated heterocycles. The van der Waals surface area contributed by atoms with Crippen LogP contribution in [0.4, 0.5) is 4.79 Å². The van der Waals surface area contributed by atoms with Crippen molar-refractivity contribution in [3.05, 3.63) is 0 Å². The van der Waals surface area contributed by atoms with E-state index in [2.05, 4.69) is 21.1 Å². The Hall–Kier alpha value is 1.59. The van der Waals surface area contributed by atoms with E-state index in [1.807, 2.05) is 0 Å². The number of rotatable bonds is 0. The van der Waals surface area contributed by atoms with Crippen molar-refractivity contribution in [2.45, 2.75) is 0 Å². The first kappa shape index (κ1) is 9.77. The molecule has 0 heterocycles. The molecule has 32 valence electrons. The molecule has 1 N–H and O–H groups in total. The van der Waals surface area contributed by atoms with Gasteiger partial charge in [-0.05, 0) is 0 Å². The van der Waals surface area contributed by atoms with Crippen LogP contribution in [-0.4, -0.2) is 9.29 Å². The number of hydrogen-bond donors (Lipinski definition) is 1. The Bertz CT molecular complexity index is 32.6. The third-order valence-corrected chi connectivity index (χ3v) is 0. The molecule has 0 aliphatic heterocycles. The van der Waals surface area contributed by atoms with Crippen molar-refractivity contribution < 1.29 is 72.7 Å². The monoisotopic (exact) mass is 292 g/mol. The molecule has 0 fully saturated rings. The van der Waals surface area contributed by atoms with E-state index in [4.69, 9.17) is 9.90 Å². The minimum Gasteiger partial charge on any atom is 0 e. The van der Waals surface area contributed by atoms with Crippen molar-refractivity contribution in [1.82, 2.24) is 0 Å². The molecule has 0 aromatic carbocycles. The molecule has 0 unspecified atom stereocenters. The fourth-order valence-corrected chi connectivity index (χ4v) is 0. The molecule has 0 spiro atoms. The second-order valence-electron chi connectivity index (χ2n) is 0.220. The first-order valence-electron chi connectivity index (χ1n) is 0.578. The maximum atomic E-state index is 8.92. The average Bonchev–Trinajstić information content (AvgIpc) is 0.811. The van der Waals surface area contributed by atoms with Crippen molar-refractivity contribution >= 4 is 4.19 Å². The minimum atomic E-state index is -1.02. The summed E-state index contributed by atoms with van der Waals surface area (Å²) in [5, 5.41) is 7.33. The molecule has 0 aliphatic rings. The van der Waals surface area contributed by atoms with Crippen LogP contribution in [0.2, 0.25) is 0 Å². The zero-order valence-corrected chi connectivity index (χ0v) is 6.78. The summed E-state index contributed by atoms with van der Waals surface area (Å²) >= 11 is 2.20. The van der Waals surface area contributed by atoms with Crippen molar-refractivity contribution in [3.8, 4) is 0 Å². The smallest absolute Gasteiger partial charge is 0 e. The molecule has 0 atom stereocenters. The summed E-state index contributed by atoms with van der Waals surface area (Å²) in [6.45, 7) is 0. The van der Waals surface area contributed by atoms with E-state index in [-0.39, 0.29) is 41.7 Å². The Labute approximate surface area is 75.6 Å². The number of carboxylic acid groups (broad SMARTS) is 1. The predicted octanol–water partition coefficient (Wildman–Crippen LogP) is 0.211. The van der Waals surface area contributed by atoms with Crippen LogP contribution in [0.3, 0.4) is 0 Å². The summed E-state index contributed by atoms with van der Waals surface area (Å²) in [4.78, 5) is 8.92. The van der Waals surface area contributed by atoms with Gasteiger partial charge in [0.1, 0.15) is 0 Å². The molecule has 0 amide bonds. The molecule has 0 aromatic heterocycles. The van der Waals surface area contributed by atoms with Gasteiger partial charge in [-0.3, -0.25) is 0 Å². The van der Waals surface area contributed by atoms with Crippen molar-refractivity contribution in [1.29, 1.82) is 0 Å². The van der Waals surface area contributed by atoms with Gasteiger partial charge in [0.25, 0.3) is 0 Å². The Morgan fingerprint density at radius 2 is 1.80 bits per heavy atom. The summed E-state index contributed by atoms with van der Waals surface area (Å²) < 4.78 is -1.02. The van der Waals surface area contributed by atoms with Crippen LogP contribution in [0, 0.1) is 41.7 Å². The fourth-order valence-electron chi connectivity index (χ4n) is 0. The largest absolute Gasteiger partial charge is 0 e. The molecular weight excluding hydrogens is 292 g/mol. The van der Waals surface area contributed by atoms with Gasteiger partial charge in [-0.2, -0.15) is 0 Å². The van der Waals surface area contributed by atoms with E-state index in [1.165, 1.54) is 0 Å². The Kier molecular flexibility index (Phi) is 10.9. The summed E-state index contributed by atoms with van der Waals surface area (Å²) in [6.07, 6.45) is 0. The normalized spacial score (nSPS) is 5.20. The van der Waals surface area contributed by atoms with Crippen molar-refractivity contribution in [2.75, 3.05) is 0 Å². The number of carbonyl (C=O) groups is 1. The molecule has 0 aliphatic carbocycles. The molecule has 0 saturated carbocycles. The van der Waals surface area contributed by atoms with Gasteiger partial charge >= 0.3 is 35.2 Å². The quantitative estimate of drug-likeness (QED) is 0.648. The van der Waals surface area contributed by atoms with Gasteiger partial charge in [0.05, 0.1) is 0 Å². The minimum absolute atomic E-state index is 0. The molecule has 2 nitrogen and oxygen atoms in total. The molecule has 0 rings (SSSR count). The van der Waals surface area contributed by atoms with Crippen molar-refractivity contribution in [2.24, 2.45) is 0 Å². The van der Waals surface area contributed by atoms with Gasteiger partial charge in [-0.15, -0.1) is 0 Å². The third kappa shape index (κ3) is 28.5. The Morgan fingerprint density at radius 3 is 1.80 bits per heavy atom. The predicted molar refractivity (Wildman–Crippen MR) is 8.02 cm³/mol. The SMILES string of the molecule is O=[C](O)[Ag].[Ce]. The zero-order chi connectivity index (χ0) is 3.58. The molecular formula is CHAgCeO2. The Morgan fingerprint density at radius 1 is 1.80 bits per heavy atom. The maximum Gasteiger partial charge on any atom is 0 e. The van der Waals surface area contributed by atoms with E-state index in [0.717, 1.165) is 0 Å². The van der Waals surface area contributed by atoms with Crippen LogP contribution >= 0.6 is 0 Å². The van der Waals surface area contributed by atoms with Gasteiger partial charge in [-0.1, -0.05) is 0 Å². The first-order chi connectivity index (χ1) is 1.73. The van der Waals surface area contributed by atoms with E-state index >= 15 is 0 Å². The summed E-state index contributed by atoms with van der Waals surface area (Å²) in [7, 11) is 0. The van der Waals surface area contributed by atoms with Gasteiger partial charge in [0.15, 0.2) is 0 Å². The van der Waals surface area contributed by atoms with E-state index in [0.29, 0.717) is 0 Å². The third-order valence-electron chi connectivity index (χ3n) is 0. The molecule has 5 heavy (non-hydrogen) atoms. The van der Waals surface area contributed by atoms with Gasteiger partial charge in [-0.25, -0.2) is 0 Å². The second kappa shape index (κ2) is 5.59. The second-order valence-corrected chi connectivity index (χ2v) is 0.854. The van der Waals surface area contributed by atoms with Crippen LogP contribution < -0.4 is 0 Å². The van der Waals surface area contributed by atoms with Crippen LogP contribution in [0.5, 0.6) is 0 Å². The molecule has 0 aromatic rings. The number of hydrogen-bond acceptors (Lipinski definition) is 1. The van der Waals surface area contributed by atoms with Gasteiger partial charge in [0, 0.05) is 41.7 Å². The molecule has 4 heteroatoms. The van der Waals surface area contributed by atoms with Gasteiger partial charge in [0.2, 0.25) is 0 Å².